The lowest BCUT2D eigenvalue weighted by molar-refractivity contribution is -0.154. The van der Waals surface area contributed by atoms with E-state index < -0.39 is 53.5 Å². The number of carbonyl (C=O) groups is 2. The molecule has 4 atom stereocenters. The largest absolute Gasteiger partial charge is 0.499 e. The number of aliphatic imine (C=N–C) groups is 1. The third-order valence-corrected chi connectivity index (χ3v) is 7.26. The molecule has 42 heavy (non-hydrogen) atoms. The van der Waals surface area contributed by atoms with Crippen LogP contribution in [0.15, 0.2) is 41.6 Å². The fraction of sp³-hybridized carbons (Fsp3) is 0.500. The standard InChI is InChI=1S/C28H34F3N5O6/c1-14(32)23-22(25(37)36-12-11-35(26(38)27(3,4)39)13-18(36)15(2)40-5)34-24(42-23)17-7-9-19(41-6)21-16(17)8-10-20(33-21)28(29,30)31/h7-10,14,18,22-23,39H,2,11-13,32H2,1,3-6H3/t14-,18?,22?,23?/m0/s1. The molecule has 0 radical (unpaired) electrons. The Kier molecular flexibility index (Phi) is 8.43. The van der Waals surface area contributed by atoms with E-state index in [1.165, 1.54) is 50.0 Å². The number of fused-ring (bicyclic) bond motifs is 1. The first-order chi connectivity index (χ1) is 19.6. The number of amides is 2. The van der Waals surface area contributed by atoms with Crippen molar-refractivity contribution in [1.82, 2.24) is 14.8 Å². The number of hydrogen-bond acceptors (Lipinski definition) is 9. The Bertz CT molecular complexity index is 1420. The van der Waals surface area contributed by atoms with Crippen molar-refractivity contribution < 1.29 is 42.1 Å². The molecule has 0 saturated carbocycles. The molecular weight excluding hydrogens is 559 g/mol. The first-order valence-electron chi connectivity index (χ1n) is 13.2. The number of nitrogens with two attached hydrogens (primary N) is 1. The third-order valence-electron chi connectivity index (χ3n) is 7.26. The number of piperazine rings is 1. The molecule has 2 aromatic rings. The van der Waals surface area contributed by atoms with Gasteiger partial charge in [0.05, 0.1) is 14.2 Å². The summed E-state index contributed by atoms with van der Waals surface area (Å²) >= 11 is 0. The molecule has 0 bridgehead atoms. The van der Waals surface area contributed by atoms with Gasteiger partial charge in [-0.3, -0.25) is 9.59 Å². The van der Waals surface area contributed by atoms with Crippen molar-refractivity contribution in [3.8, 4) is 5.75 Å². The van der Waals surface area contributed by atoms with Gasteiger partial charge < -0.3 is 34.9 Å². The topological polar surface area (TPSA) is 140 Å². The Morgan fingerprint density at radius 2 is 1.88 bits per heavy atom. The van der Waals surface area contributed by atoms with E-state index >= 15 is 0 Å². The van der Waals surface area contributed by atoms with Crippen molar-refractivity contribution in [3.63, 3.8) is 0 Å². The second-order valence-corrected chi connectivity index (χ2v) is 10.8. The van der Waals surface area contributed by atoms with E-state index in [1.54, 1.807) is 13.0 Å². The van der Waals surface area contributed by atoms with Gasteiger partial charge in [-0.2, -0.15) is 13.2 Å². The lowest BCUT2D eigenvalue weighted by atomic mass is 10.0. The first-order valence-corrected chi connectivity index (χ1v) is 13.2. The zero-order valence-corrected chi connectivity index (χ0v) is 23.9. The van der Waals surface area contributed by atoms with Gasteiger partial charge in [0, 0.05) is 36.6 Å². The Hall–Kier alpha value is -3.91. The molecule has 1 aromatic carbocycles. The number of alkyl halides is 3. The Labute approximate surface area is 240 Å². The van der Waals surface area contributed by atoms with Crippen molar-refractivity contribution in [2.75, 3.05) is 33.9 Å². The molecule has 0 spiro atoms. The number of carbonyl (C=O) groups excluding carboxylic acids is 2. The molecule has 11 nitrogen and oxygen atoms in total. The predicted octanol–water partition coefficient (Wildman–Crippen LogP) is 2.09. The molecule has 14 heteroatoms. The number of ether oxygens (including phenoxy) is 3. The summed E-state index contributed by atoms with van der Waals surface area (Å²) in [4.78, 5) is 38.0. The van der Waals surface area contributed by atoms with Crippen molar-refractivity contribution in [3.05, 3.63) is 47.9 Å². The summed E-state index contributed by atoms with van der Waals surface area (Å²) < 4.78 is 56.8. The number of aromatic nitrogens is 1. The number of rotatable bonds is 7. The van der Waals surface area contributed by atoms with Crippen LogP contribution in [-0.2, 0) is 25.2 Å². The quantitative estimate of drug-likeness (QED) is 0.466. The van der Waals surface area contributed by atoms with Gasteiger partial charge in [-0.25, -0.2) is 9.98 Å². The van der Waals surface area contributed by atoms with Crippen LogP contribution >= 0.6 is 0 Å². The number of methoxy groups -OCH3 is 2. The molecular formula is C28H34F3N5O6. The minimum absolute atomic E-state index is 0.0165. The predicted molar refractivity (Wildman–Crippen MR) is 147 cm³/mol. The van der Waals surface area contributed by atoms with Crippen LogP contribution in [0.5, 0.6) is 5.75 Å². The molecule has 2 aliphatic rings. The maximum absolute atomic E-state index is 14.0. The SMILES string of the molecule is C=C(OC)C1CN(C(=O)C(C)(C)O)CCN1C(=O)C1N=C(c2ccc(OC)c3nc(C(F)(F)F)ccc23)OC1[C@H](C)N. The molecule has 2 amide bonds. The van der Waals surface area contributed by atoms with E-state index in [2.05, 4.69) is 16.6 Å². The smallest absolute Gasteiger partial charge is 0.433 e. The molecule has 228 valence electrons. The van der Waals surface area contributed by atoms with Crippen molar-refractivity contribution >= 4 is 28.6 Å². The summed E-state index contributed by atoms with van der Waals surface area (Å²) in [6.07, 6.45) is -5.57. The van der Waals surface area contributed by atoms with Gasteiger partial charge >= 0.3 is 6.18 Å². The van der Waals surface area contributed by atoms with E-state index in [-0.39, 0.29) is 47.9 Å². The number of hydrogen-bond donors (Lipinski definition) is 2. The van der Waals surface area contributed by atoms with Crippen LogP contribution in [0, 0.1) is 0 Å². The summed E-state index contributed by atoms with van der Waals surface area (Å²) in [6.45, 7) is 8.58. The Balaban J connectivity index is 1.72. The van der Waals surface area contributed by atoms with Crippen LogP contribution in [-0.4, -0.2) is 101 Å². The summed E-state index contributed by atoms with van der Waals surface area (Å²) in [5, 5.41) is 10.5. The summed E-state index contributed by atoms with van der Waals surface area (Å²) in [7, 11) is 2.72. The lowest BCUT2D eigenvalue weighted by Crippen LogP contribution is -2.62. The van der Waals surface area contributed by atoms with E-state index in [9.17, 15) is 27.9 Å². The monoisotopic (exact) mass is 593 g/mol. The highest BCUT2D eigenvalue weighted by Gasteiger charge is 2.46. The van der Waals surface area contributed by atoms with Crippen molar-refractivity contribution in [1.29, 1.82) is 0 Å². The fourth-order valence-corrected chi connectivity index (χ4v) is 5.05. The third kappa shape index (κ3) is 5.86. The Morgan fingerprint density at radius 1 is 1.19 bits per heavy atom. The van der Waals surface area contributed by atoms with Gasteiger partial charge in [0.15, 0.2) is 6.04 Å². The van der Waals surface area contributed by atoms with Crippen LogP contribution in [0.25, 0.3) is 10.9 Å². The molecule has 3 heterocycles. The molecule has 4 rings (SSSR count). The molecule has 0 aliphatic carbocycles. The van der Waals surface area contributed by atoms with Crippen LogP contribution in [0.4, 0.5) is 13.2 Å². The Morgan fingerprint density at radius 3 is 2.45 bits per heavy atom. The van der Waals surface area contributed by atoms with E-state index in [1.807, 2.05) is 0 Å². The molecule has 3 unspecified atom stereocenters. The second kappa shape index (κ2) is 11.4. The maximum atomic E-state index is 14.0. The molecule has 1 fully saturated rings. The van der Waals surface area contributed by atoms with Gasteiger partial charge in [-0.05, 0) is 45.0 Å². The molecule has 1 saturated heterocycles. The summed E-state index contributed by atoms with van der Waals surface area (Å²) in [5.74, 6) is -0.599. The fourth-order valence-electron chi connectivity index (χ4n) is 5.05. The summed E-state index contributed by atoms with van der Waals surface area (Å²) in [5.41, 5.74) is 3.76. The van der Waals surface area contributed by atoms with E-state index in [0.717, 1.165) is 6.07 Å². The summed E-state index contributed by atoms with van der Waals surface area (Å²) in [6, 6.07) is 2.60. The zero-order chi connectivity index (χ0) is 31.1. The lowest BCUT2D eigenvalue weighted by Gasteiger charge is -2.43. The van der Waals surface area contributed by atoms with Crippen LogP contribution < -0.4 is 10.5 Å². The van der Waals surface area contributed by atoms with Crippen LogP contribution in [0.3, 0.4) is 0 Å². The van der Waals surface area contributed by atoms with Crippen molar-refractivity contribution in [2.45, 2.75) is 56.8 Å². The highest BCUT2D eigenvalue weighted by molar-refractivity contribution is 6.09. The molecule has 3 N–H and O–H groups in total. The zero-order valence-electron chi connectivity index (χ0n) is 23.9. The number of nitrogens with zero attached hydrogens (tertiary/aromatic N) is 4. The van der Waals surface area contributed by atoms with Gasteiger partial charge in [0.25, 0.3) is 11.8 Å². The second-order valence-electron chi connectivity index (χ2n) is 10.8. The van der Waals surface area contributed by atoms with Crippen LogP contribution in [0.2, 0.25) is 0 Å². The number of aliphatic hydroxyl groups is 1. The minimum atomic E-state index is -4.67. The molecule has 2 aliphatic heterocycles. The highest BCUT2D eigenvalue weighted by atomic mass is 19.4. The van der Waals surface area contributed by atoms with E-state index in [4.69, 9.17) is 19.9 Å². The number of halogens is 3. The molecule has 1 aromatic heterocycles. The van der Waals surface area contributed by atoms with Gasteiger partial charge in [0.1, 0.15) is 40.5 Å². The average Bonchev–Trinajstić information content (AvgIpc) is 3.39. The van der Waals surface area contributed by atoms with E-state index in [0.29, 0.717) is 5.56 Å². The highest BCUT2D eigenvalue weighted by Crippen LogP contribution is 2.35. The van der Waals surface area contributed by atoms with Gasteiger partial charge in [-0.1, -0.05) is 6.58 Å². The first kappa shape index (κ1) is 31.0. The maximum Gasteiger partial charge on any atom is 0.433 e. The normalized spacial score (nSPS) is 22.0. The minimum Gasteiger partial charge on any atom is -0.499 e. The number of benzene rings is 1. The number of pyridine rings is 1. The van der Waals surface area contributed by atoms with Gasteiger partial charge in [0.2, 0.25) is 5.90 Å². The average molecular weight is 594 g/mol. The van der Waals surface area contributed by atoms with Crippen LogP contribution in [0.1, 0.15) is 32.0 Å². The van der Waals surface area contributed by atoms with Gasteiger partial charge in [-0.15, -0.1) is 0 Å². The van der Waals surface area contributed by atoms with Crippen molar-refractivity contribution in [2.24, 2.45) is 10.7 Å².